The van der Waals surface area contributed by atoms with Crippen molar-refractivity contribution < 1.29 is 13.2 Å². The Hall–Kier alpha value is -1.77. The first-order chi connectivity index (χ1) is 12.4. The average Bonchev–Trinajstić information content (AvgIpc) is 3.09. The third kappa shape index (κ3) is 4.49. The summed E-state index contributed by atoms with van der Waals surface area (Å²) in [4.78, 5) is 16.9. The Morgan fingerprint density at radius 2 is 1.92 bits per heavy atom. The number of hydrogen-bond donors (Lipinski definition) is 1. The van der Waals surface area contributed by atoms with Gasteiger partial charge in [-0.1, -0.05) is 31.2 Å². The molecule has 0 unspecified atom stereocenters. The predicted molar refractivity (Wildman–Crippen MR) is 105 cm³/mol. The molecule has 0 radical (unpaired) electrons. The average molecular weight is 394 g/mol. The summed E-state index contributed by atoms with van der Waals surface area (Å²) >= 11 is 1.40. The van der Waals surface area contributed by atoms with Crippen LogP contribution in [0.1, 0.15) is 25.3 Å². The SMILES string of the molecule is CCc1ccc(-c2csc(NC(=O)C3CCN(S(C)(=O)=O)CC3)n2)cc1. The first-order valence-corrected chi connectivity index (χ1v) is 11.4. The van der Waals surface area contributed by atoms with E-state index in [1.807, 2.05) is 17.5 Å². The van der Waals surface area contributed by atoms with Gasteiger partial charge >= 0.3 is 0 Å². The van der Waals surface area contributed by atoms with E-state index in [4.69, 9.17) is 0 Å². The fourth-order valence-corrected chi connectivity index (χ4v) is 4.63. The van der Waals surface area contributed by atoms with Crippen LogP contribution in [0.3, 0.4) is 0 Å². The van der Waals surface area contributed by atoms with Crippen molar-refractivity contribution in [2.45, 2.75) is 26.2 Å². The monoisotopic (exact) mass is 393 g/mol. The van der Waals surface area contributed by atoms with Crippen molar-refractivity contribution in [3.8, 4) is 11.3 Å². The highest BCUT2D eigenvalue weighted by molar-refractivity contribution is 7.88. The van der Waals surface area contributed by atoms with E-state index >= 15 is 0 Å². The Labute approximate surface area is 158 Å². The summed E-state index contributed by atoms with van der Waals surface area (Å²) in [7, 11) is -3.17. The highest BCUT2D eigenvalue weighted by Gasteiger charge is 2.29. The van der Waals surface area contributed by atoms with Gasteiger partial charge in [-0.25, -0.2) is 17.7 Å². The van der Waals surface area contributed by atoms with Gasteiger partial charge in [-0.2, -0.15) is 0 Å². The molecule has 8 heteroatoms. The molecule has 1 amide bonds. The van der Waals surface area contributed by atoms with Crippen LogP contribution in [-0.4, -0.2) is 43.0 Å². The van der Waals surface area contributed by atoms with E-state index in [0.717, 1.165) is 17.7 Å². The number of sulfonamides is 1. The van der Waals surface area contributed by atoms with Crippen LogP contribution in [0.2, 0.25) is 0 Å². The quantitative estimate of drug-likeness (QED) is 0.847. The lowest BCUT2D eigenvalue weighted by Crippen LogP contribution is -2.40. The molecule has 2 aromatic rings. The van der Waals surface area contributed by atoms with Crippen LogP contribution < -0.4 is 5.32 Å². The van der Waals surface area contributed by atoms with Gasteiger partial charge in [-0.15, -0.1) is 11.3 Å². The molecule has 1 saturated heterocycles. The molecular weight excluding hydrogens is 370 g/mol. The topological polar surface area (TPSA) is 79.4 Å². The van der Waals surface area contributed by atoms with Crippen LogP contribution >= 0.6 is 11.3 Å². The van der Waals surface area contributed by atoms with Crippen molar-refractivity contribution in [3.63, 3.8) is 0 Å². The summed E-state index contributed by atoms with van der Waals surface area (Å²) in [6.45, 7) is 2.90. The van der Waals surface area contributed by atoms with Crippen LogP contribution in [-0.2, 0) is 21.2 Å². The normalized spacial score (nSPS) is 16.5. The third-order valence-electron chi connectivity index (χ3n) is 4.69. The summed E-state index contributed by atoms with van der Waals surface area (Å²) in [5.41, 5.74) is 3.15. The Balaban J connectivity index is 1.59. The second-order valence-corrected chi connectivity index (χ2v) is 9.35. The van der Waals surface area contributed by atoms with E-state index in [9.17, 15) is 13.2 Å². The van der Waals surface area contributed by atoms with Crippen molar-refractivity contribution in [1.82, 2.24) is 9.29 Å². The maximum absolute atomic E-state index is 12.4. The summed E-state index contributed by atoms with van der Waals surface area (Å²) < 4.78 is 24.5. The standard InChI is InChI=1S/C18H23N3O3S2/c1-3-13-4-6-14(7-5-13)16-12-25-18(19-16)20-17(22)15-8-10-21(11-9-15)26(2,23)24/h4-7,12,15H,3,8-11H2,1-2H3,(H,19,20,22). The minimum atomic E-state index is -3.17. The molecule has 1 fully saturated rings. The van der Waals surface area contributed by atoms with Crippen molar-refractivity contribution in [3.05, 3.63) is 35.2 Å². The summed E-state index contributed by atoms with van der Waals surface area (Å²) in [5.74, 6) is -0.260. The molecule has 1 N–H and O–H groups in total. The van der Waals surface area contributed by atoms with Gasteiger partial charge in [-0.3, -0.25) is 4.79 Å². The number of piperidine rings is 1. The zero-order valence-electron chi connectivity index (χ0n) is 14.9. The van der Waals surface area contributed by atoms with Crippen LogP contribution in [0.15, 0.2) is 29.6 Å². The van der Waals surface area contributed by atoms with Gasteiger partial charge in [-0.05, 0) is 24.8 Å². The van der Waals surface area contributed by atoms with Crippen molar-refractivity contribution in [1.29, 1.82) is 0 Å². The number of nitrogens with one attached hydrogen (secondary N) is 1. The van der Waals surface area contributed by atoms with Gasteiger partial charge in [0, 0.05) is 30.0 Å². The minimum Gasteiger partial charge on any atom is -0.302 e. The first kappa shape index (κ1) is 19.0. The van der Waals surface area contributed by atoms with E-state index in [1.165, 1.54) is 27.5 Å². The second-order valence-electron chi connectivity index (χ2n) is 6.51. The predicted octanol–water partition coefficient (Wildman–Crippen LogP) is 2.98. The summed E-state index contributed by atoms with van der Waals surface area (Å²) in [6, 6.07) is 8.26. The fraction of sp³-hybridized carbons (Fsp3) is 0.444. The van der Waals surface area contributed by atoms with E-state index in [-0.39, 0.29) is 11.8 Å². The van der Waals surface area contributed by atoms with Crippen LogP contribution in [0, 0.1) is 5.92 Å². The zero-order valence-corrected chi connectivity index (χ0v) is 16.6. The molecule has 2 heterocycles. The van der Waals surface area contributed by atoms with Crippen molar-refractivity contribution in [2.75, 3.05) is 24.7 Å². The number of anilines is 1. The van der Waals surface area contributed by atoms with E-state index in [2.05, 4.69) is 29.4 Å². The number of benzene rings is 1. The highest BCUT2D eigenvalue weighted by Crippen LogP contribution is 2.27. The molecule has 0 aliphatic carbocycles. The van der Waals surface area contributed by atoms with Gasteiger partial charge < -0.3 is 5.32 Å². The molecule has 1 aliphatic rings. The molecule has 3 rings (SSSR count). The Morgan fingerprint density at radius 1 is 1.27 bits per heavy atom. The molecule has 26 heavy (non-hydrogen) atoms. The van der Waals surface area contributed by atoms with E-state index < -0.39 is 10.0 Å². The molecule has 0 spiro atoms. The highest BCUT2D eigenvalue weighted by atomic mass is 32.2. The molecule has 140 valence electrons. The van der Waals surface area contributed by atoms with Gasteiger partial charge in [0.2, 0.25) is 15.9 Å². The maximum Gasteiger partial charge on any atom is 0.229 e. The molecule has 0 bridgehead atoms. The number of rotatable bonds is 5. The molecule has 6 nitrogen and oxygen atoms in total. The van der Waals surface area contributed by atoms with E-state index in [0.29, 0.717) is 31.1 Å². The van der Waals surface area contributed by atoms with Crippen molar-refractivity contribution >= 4 is 32.4 Å². The number of nitrogens with zero attached hydrogens (tertiary/aromatic N) is 2. The maximum atomic E-state index is 12.4. The van der Waals surface area contributed by atoms with Gasteiger partial charge in [0.1, 0.15) is 0 Å². The largest absolute Gasteiger partial charge is 0.302 e. The van der Waals surface area contributed by atoms with Crippen LogP contribution in [0.25, 0.3) is 11.3 Å². The Bertz CT molecular complexity index is 867. The molecule has 1 aromatic carbocycles. The number of thiazole rings is 1. The molecule has 0 atom stereocenters. The number of hydrogen-bond acceptors (Lipinski definition) is 5. The summed E-state index contributed by atoms with van der Waals surface area (Å²) in [6.07, 6.45) is 3.28. The number of aryl methyl sites for hydroxylation is 1. The second kappa shape index (κ2) is 7.85. The fourth-order valence-electron chi connectivity index (χ4n) is 3.03. The van der Waals surface area contributed by atoms with Gasteiger partial charge in [0.15, 0.2) is 5.13 Å². The lowest BCUT2D eigenvalue weighted by Gasteiger charge is -2.29. The van der Waals surface area contributed by atoms with Crippen LogP contribution in [0.5, 0.6) is 0 Å². The Morgan fingerprint density at radius 3 is 2.50 bits per heavy atom. The molecule has 1 aliphatic heterocycles. The third-order valence-corrected chi connectivity index (χ3v) is 6.75. The lowest BCUT2D eigenvalue weighted by atomic mass is 9.97. The van der Waals surface area contributed by atoms with Crippen molar-refractivity contribution in [2.24, 2.45) is 5.92 Å². The van der Waals surface area contributed by atoms with E-state index in [1.54, 1.807) is 0 Å². The number of amides is 1. The minimum absolute atomic E-state index is 0.0830. The van der Waals surface area contributed by atoms with Crippen LogP contribution in [0.4, 0.5) is 5.13 Å². The smallest absolute Gasteiger partial charge is 0.229 e. The number of carbonyl (C=O) groups is 1. The molecule has 1 aromatic heterocycles. The number of aromatic nitrogens is 1. The first-order valence-electron chi connectivity index (χ1n) is 8.67. The lowest BCUT2D eigenvalue weighted by molar-refractivity contribution is -0.120. The Kier molecular flexibility index (Phi) is 5.74. The summed E-state index contributed by atoms with van der Waals surface area (Å²) in [5, 5.41) is 5.39. The molecule has 0 saturated carbocycles. The number of carbonyl (C=O) groups excluding carboxylic acids is 1. The van der Waals surface area contributed by atoms with Gasteiger partial charge in [0.25, 0.3) is 0 Å². The molecular formula is C18H23N3O3S2. The van der Waals surface area contributed by atoms with Gasteiger partial charge in [0.05, 0.1) is 11.9 Å². The zero-order chi connectivity index (χ0) is 18.7.